The molecule has 1 unspecified atom stereocenters. The number of carbonyl (C=O) groups is 1. The molecule has 1 atom stereocenters. The van der Waals surface area contributed by atoms with Gasteiger partial charge >= 0.3 is 0 Å². The lowest BCUT2D eigenvalue weighted by Gasteiger charge is -2.27. The van der Waals surface area contributed by atoms with E-state index in [0.717, 1.165) is 22.0 Å². The Morgan fingerprint density at radius 2 is 1.97 bits per heavy atom. The van der Waals surface area contributed by atoms with Gasteiger partial charge in [0.25, 0.3) is 0 Å². The summed E-state index contributed by atoms with van der Waals surface area (Å²) in [6.45, 7) is 2.21. The highest BCUT2D eigenvalue weighted by atomic mass is 32.2. The van der Waals surface area contributed by atoms with Crippen molar-refractivity contribution >= 4 is 27.1 Å². The van der Waals surface area contributed by atoms with Crippen molar-refractivity contribution in [1.82, 2.24) is 14.5 Å². The number of carbonyl (C=O) groups excluding carboxylic acids is 1. The second-order valence-electron chi connectivity index (χ2n) is 7.04. The third-order valence-electron chi connectivity index (χ3n) is 4.82. The van der Waals surface area contributed by atoms with Crippen molar-refractivity contribution in [3.05, 3.63) is 81.9 Å². The van der Waals surface area contributed by atoms with Crippen LogP contribution in [-0.4, -0.2) is 40.6 Å². The van der Waals surface area contributed by atoms with Crippen molar-refractivity contribution in [2.24, 2.45) is 0 Å². The number of aryl methyl sites for hydroxylation is 1. The number of nitrogens with zero attached hydrogens (tertiary/aromatic N) is 3. The monoisotopic (exact) mass is 427 g/mol. The Labute approximate surface area is 174 Å². The van der Waals surface area contributed by atoms with Crippen molar-refractivity contribution < 1.29 is 13.2 Å². The average molecular weight is 428 g/mol. The van der Waals surface area contributed by atoms with Gasteiger partial charge in [-0.2, -0.15) is 0 Å². The third-order valence-corrected chi connectivity index (χ3v) is 7.03. The van der Waals surface area contributed by atoms with Gasteiger partial charge in [0.1, 0.15) is 0 Å². The molecule has 4 rings (SSSR count). The zero-order valence-corrected chi connectivity index (χ0v) is 17.6. The molecule has 0 radical (unpaired) electrons. The first-order chi connectivity index (χ1) is 13.9. The summed E-state index contributed by atoms with van der Waals surface area (Å²) in [5.74, 6) is -0.190. The Kier molecular flexibility index (Phi) is 5.38. The molecule has 1 aliphatic rings. The molecule has 0 saturated heterocycles. The van der Waals surface area contributed by atoms with Crippen LogP contribution in [-0.2, 0) is 27.6 Å². The predicted octanol–water partition coefficient (Wildman–Crippen LogP) is 3.12. The lowest BCUT2D eigenvalue weighted by molar-refractivity contribution is -0.132. The van der Waals surface area contributed by atoms with Crippen LogP contribution in [0.1, 0.15) is 16.3 Å². The predicted molar refractivity (Wildman–Crippen MR) is 114 cm³/mol. The zero-order valence-electron chi connectivity index (χ0n) is 15.9. The molecule has 0 bridgehead atoms. The van der Waals surface area contributed by atoms with Crippen molar-refractivity contribution in [1.29, 1.82) is 0 Å². The fourth-order valence-corrected chi connectivity index (χ4v) is 5.27. The fourth-order valence-electron chi connectivity index (χ4n) is 3.37. The van der Waals surface area contributed by atoms with E-state index in [-0.39, 0.29) is 18.1 Å². The first-order valence-electron chi connectivity index (χ1n) is 9.23. The summed E-state index contributed by atoms with van der Waals surface area (Å²) in [6.07, 6.45) is 5.73. The lowest BCUT2D eigenvalue weighted by Crippen LogP contribution is -2.41. The van der Waals surface area contributed by atoms with Crippen LogP contribution in [0, 0.1) is 6.92 Å². The molecule has 0 aliphatic carbocycles. The topological polar surface area (TPSA) is 72.3 Å². The van der Waals surface area contributed by atoms with E-state index < -0.39 is 15.9 Å². The second-order valence-corrected chi connectivity index (χ2v) is 10.0. The maximum Gasteiger partial charge on any atom is 0.227 e. The van der Waals surface area contributed by atoms with E-state index >= 15 is 0 Å². The molecule has 2 aromatic heterocycles. The molecule has 0 N–H and O–H groups in total. The molecule has 1 amide bonds. The van der Waals surface area contributed by atoms with Crippen LogP contribution < -0.4 is 0 Å². The Bertz CT molecular complexity index is 1130. The van der Waals surface area contributed by atoms with Gasteiger partial charge in [-0.3, -0.25) is 4.79 Å². The van der Waals surface area contributed by atoms with Crippen molar-refractivity contribution in [2.75, 3.05) is 5.75 Å². The maximum atomic E-state index is 13.1. The van der Waals surface area contributed by atoms with Gasteiger partial charge in [-0.15, -0.1) is 11.3 Å². The van der Waals surface area contributed by atoms with Gasteiger partial charge in [0.15, 0.2) is 9.84 Å². The summed E-state index contributed by atoms with van der Waals surface area (Å²) in [4.78, 5) is 19.2. The average Bonchev–Trinajstić information content (AvgIpc) is 3.42. The third kappa shape index (κ3) is 4.65. The molecule has 1 aliphatic heterocycles. The highest BCUT2D eigenvalue weighted by Crippen LogP contribution is 2.20. The quantitative estimate of drug-likeness (QED) is 0.606. The number of aromatic nitrogens is 2. The number of rotatable bonds is 6. The van der Waals surface area contributed by atoms with E-state index in [0.29, 0.717) is 6.54 Å². The summed E-state index contributed by atoms with van der Waals surface area (Å²) >= 11 is 1.52. The van der Waals surface area contributed by atoms with Crippen LogP contribution in [0.4, 0.5) is 0 Å². The summed E-state index contributed by atoms with van der Waals surface area (Å²) in [5, 5.41) is 4.03. The maximum absolute atomic E-state index is 13.1. The van der Waals surface area contributed by atoms with Crippen LogP contribution in [0.25, 0.3) is 5.69 Å². The number of hydrogen-bond acceptors (Lipinski definition) is 5. The number of thiazole rings is 1. The normalized spacial score (nSPS) is 17.5. The molecule has 6 nitrogen and oxygen atoms in total. The minimum atomic E-state index is -3.26. The van der Waals surface area contributed by atoms with Crippen molar-refractivity contribution in [2.45, 2.75) is 25.9 Å². The summed E-state index contributed by atoms with van der Waals surface area (Å²) in [7, 11) is -3.26. The van der Waals surface area contributed by atoms with Crippen LogP contribution in [0.2, 0.25) is 0 Å². The molecular formula is C21H21N3O3S2. The smallest absolute Gasteiger partial charge is 0.227 e. The van der Waals surface area contributed by atoms with Gasteiger partial charge in [-0.1, -0.05) is 12.1 Å². The molecule has 150 valence electrons. The van der Waals surface area contributed by atoms with Gasteiger partial charge < -0.3 is 9.47 Å². The number of sulfone groups is 1. The summed E-state index contributed by atoms with van der Waals surface area (Å²) < 4.78 is 25.8. The molecule has 0 saturated carbocycles. The minimum Gasteiger partial charge on any atom is -0.329 e. The van der Waals surface area contributed by atoms with Gasteiger partial charge in [-0.25, -0.2) is 13.4 Å². The first kappa shape index (κ1) is 19.6. The van der Waals surface area contributed by atoms with Gasteiger partial charge in [-0.05, 0) is 42.8 Å². The van der Waals surface area contributed by atoms with Crippen LogP contribution in [0.5, 0.6) is 0 Å². The molecule has 29 heavy (non-hydrogen) atoms. The fraction of sp³-hybridized carbons (Fsp3) is 0.238. The van der Waals surface area contributed by atoms with E-state index in [1.165, 1.54) is 16.7 Å². The SMILES string of the molecule is Cc1nc(CN(C(=O)Cc2ccc(-n3cccc3)cc2)C2C=CS(=O)(=O)C2)cs1. The van der Waals surface area contributed by atoms with E-state index in [2.05, 4.69) is 4.98 Å². The molecule has 3 heterocycles. The van der Waals surface area contributed by atoms with Gasteiger partial charge in [0, 0.05) is 28.9 Å². The van der Waals surface area contributed by atoms with Crippen LogP contribution >= 0.6 is 11.3 Å². The van der Waals surface area contributed by atoms with Crippen molar-refractivity contribution in [3.63, 3.8) is 0 Å². The van der Waals surface area contributed by atoms with E-state index in [1.54, 1.807) is 11.0 Å². The van der Waals surface area contributed by atoms with E-state index in [4.69, 9.17) is 0 Å². The Morgan fingerprint density at radius 3 is 2.55 bits per heavy atom. The second kappa shape index (κ2) is 7.96. The highest BCUT2D eigenvalue weighted by Gasteiger charge is 2.30. The molecular weight excluding hydrogens is 406 g/mol. The minimum absolute atomic E-state index is 0.0750. The lowest BCUT2D eigenvalue weighted by atomic mass is 10.1. The van der Waals surface area contributed by atoms with E-state index in [1.807, 2.05) is 65.7 Å². The summed E-state index contributed by atoms with van der Waals surface area (Å²) in [5.41, 5.74) is 2.68. The van der Waals surface area contributed by atoms with Gasteiger partial charge in [0.05, 0.1) is 35.5 Å². The van der Waals surface area contributed by atoms with Crippen LogP contribution in [0.3, 0.4) is 0 Å². The molecule has 0 spiro atoms. The van der Waals surface area contributed by atoms with Gasteiger partial charge in [0.2, 0.25) is 5.91 Å². The summed E-state index contributed by atoms with van der Waals surface area (Å²) in [6, 6.07) is 11.2. The standard InChI is InChI=1S/C21H21N3O3S2/c1-16-22-18(14-28-16)13-24(20-8-11-29(26,27)15-20)21(25)12-17-4-6-19(7-5-17)23-9-2-3-10-23/h2-11,14,20H,12-13,15H2,1H3. The molecule has 1 aromatic carbocycles. The zero-order chi connectivity index (χ0) is 20.4. The number of hydrogen-bond donors (Lipinski definition) is 0. The van der Waals surface area contributed by atoms with Crippen molar-refractivity contribution in [3.8, 4) is 5.69 Å². The van der Waals surface area contributed by atoms with Crippen LogP contribution in [0.15, 0.2) is 65.7 Å². The highest BCUT2D eigenvalue weighted by molar-refractivity contribution is 7.94. The Balaban J connectivity index is 1.52. The Hall–Kier alpha value is -2.71. The molecule has 0 fully saturated rings. The largest absolute Gasteiger partial charge is 0.329 e. The van der Waals surface area contributed by atoms with E-state index in [9.17, 15) is 13.2 Å². The first-order valence-corrected chi connectivity index (χ1v) is 11.8. The number of benzene rings is 1. The molecule has 8 heteroatoms. The number of amides is 1. The Morgan fingerprint density at radius 1 is 1.24 bits per heavy atom. The molecule has 3 aromatic rings.